The summed E-state index contributed by atoms with van der Waals surface area (Å²) in [6, 6.07) is 21.6. The maximum Gasteiger partial charge on any atom is 0.339 e. The topological polar surface area (TPSA) is 120 Å². The van der Waals surface area contributed by atoms with E-state index in [0.29, 0.717) is 23.1 Å². The van der Waals surface area contributed by atoms with Crippen LogP contribution in [-0.2, 0) is 4.74 Å². The van der Waals surface area contributed by atoms with Crippen molar-refractivity contribution in [2.24, 2.45) is 0 Å². The first kappa shape index (κ1) is 23.3. The van der Waals surface area contributed by atoms with E-state index in [2.05, 4.69) is 30.9 Å². The molecular weight excluding hydrogens is 448 g/mol. The number of para-hydroxylation sites is 1. The van der Waals surface area contributed by atoms with Crippen LogP contribution in [0.25, 0.3) is 0 Å². The standard InChI is InChI=1S/C25H24N6O4/c1-33-18-12-8-16(9-13-18)26-23-29-24(27-17-10-14-19(34-2)15-11-17)31-25(30-23)28-21-7-5-4-6-20(21)22(32)35-3/h4-15H,1-3H3,(H3,26,27,28,29,30,31). The number of nitrogens with zero attached hydrogens (tertiary/aromatic N) is 3. The predicted molar refractivity (Wildman–Crippen MR) is 133 cm³/mol. The van der Waals surface area contributed by atoms with Crippen molar-refractivity contribution in [3.8, 4) is 11.5 Å². The number of carbonyl (C=O) groups excluding carboxylic acids is 1. The van der Waals surface area contributed by atoms with Crippen molar-refractivity contribution in [3.63, 3.8) is 0 Å². The molecule has 3 aromatic carbocycles. The maximum atomic E-state index is 12.2. The molecule has 1 aromatic heterocycles. The number of methoxy groups -OCH3 is 3. The molecule has 0 spiro atoms. The molecule has 0 unspecified atom stereocenters. The number of nitrogens with one attached hydrogen (secondary N) is 3. The third kappa shape index (κ3) is 5.93. The predicted octanol–water partition coefficient (Wildman–Crippen LogP) is 4.91. The zero-order valence-corrected chi connectivity index (χ0v) is 19.4. The van der Waals surface area contributed by atoms with Gasteiger partial charge in [-0.1, -0.05) is 12.1 Å². The molecule has 10 nitrogen and oxygen atoms in total. The number of anilines is 6. The Morgan fingerprint density at radius 1 is 0.629 bits per heavy atom. The van der Waals surface area contributed by atoms with E-state index >= 15 is 0 Å². The van der Waals surface area contributed by atoms with E-state index in [4.69, 9.17) is 14.2 Å². The molecule has 0 aliphatic carbocycles. The minimum Gasteiger partial charge on any atom is -0.497 e. The van der Waals surface area contributed by atoms with E-state index in [9.17, 15) is 4.79 Å². The van der Waals surface area contributed by atoms with Gasteiger partial charge in [0.1, 0.15) is 11.5 Å². The molecule has 0 saturated heterocycles. The Bertz CT molecular complexity index is 1230. The van der Waals surface area contributed by atoms with Gasteiger partial charge in [0.2, 0.25) is 17.8 Å². The molecule has 10 heteroatoms. The molecule has 0 saturated carbocycles. The number of carbonyl (C=O) groups is 1. The zero-order valence-electron chi connectivity index (χ0n) is 19.4. The minimum atomic E-state index is -0.477. The first-order valence-corrected chi connectivity index (χ1v) is 10.6. The molecule has 0 atom stereocenters. The fourth-order valence-electron chi connectivity index (χ4n) is 3.15. The fourth-order valence-corrected chi connectivity index (χ4v) is 3.15. The summed E-state index contributed by atoms with van der Waals surface area (Å²) in [5.74, 6) is 1.79. The molecule has 0 aliphatic rings. The average molecular weight is 473 g/mol. The highest BCUT2D eigenvalue weighted by Crippen LogP contribution is 2.24. The second kappa shape index (κ2) is 10.8. The van der Waals surface area contributed by atoms with E-state index in [1.165, 1.54) is 7.11 Å². The Hall–Kier alpha value is -4.86. The molecule has 3 N–H and O–H groups in total. The summed E-state index contributed by atoms with van der Waals surface area (Å²) in [5, 5.41) is 9.42. The number of ether oxygens (including phenoxy) is 3. The van der Waals surface area contributed by atoms with Gasteiger partial charge in [0.05, 0.1) is 32.6 Å². The summed E-state index contributed by atoms with van der Waals surface area (Å²) in [7, 11) is 4.54. The number of hydrogen-bond acceptors (Lipinski definition) is 10. The van der Waals surface area contributed by atoms with Crippen LogP contribution >= 0.6 is 0 Å². The lowest BCUT2D eigenvalue weighted by molar-refractivity contribution is 0.0602. The van der Waals surface area contributed by atoms with Gasteiger partial charge in [-0.25, -0.2) is 4.79 Å². The molecule has 0 fully saturated rings. The number of aromatic nitrogens is 3. The highest BCUT2D eigenvalue weighted by Gasteiger charge is 2.14. The highest BCUT2D eigenvalue weighted by molar-refractivity contribution is 5.96. The van der Waals surface area contributed by atoms with Crippen molar-refractivity contribution in [2.45, 2.75) is 0 Å². The van der Waals surface area contributed by atoms with Gasteiger partial charge in [0.25, 0.3) is 0 Å². The Kier molecular flexibility index (Phi) is 7.22. The summed E-state index contributed by atoms with van der Waals surface area (Å²) >= 11 is 0. The molecular formula is C25H24N6O4. The molecule has 35 heavy (non-hydrogen) atoms. The quantitative estimate of drug-likeness (QED) is 0.290. The number of benzene rings is 3. The number of esters is 1. The second-order valence-electron chi connectivity index (χ2n) is 7.18. The summed E-state index contributed by atoms with van der Waals surface area (Å²) in [4.78, 5) is 25.6. The van der Waals surface area contributed by atoms with Crippen LogP contribution in [0.15, 0.2) is 72.8 Å². The largest absolute Gasteiger partial charge is 0.497 e. The van der Waals surface area contributed by atoms with E-state index in [1.54, 1.807) is 38.5 Å². The van der Waals surface area contributed by atoms with Gasteiger partial charge in [-0.05, 0) is 60.7 Å². The van der Waals surface area contributed by atoms with Crippen molar-refractivity contribution in [3.05, 3.63) is 78.4 Å². The van der Waals surface area contributed by atoms with Crippen LogP contribution in [0.1, 0.15) is 10.4 Å². The SMILES string of the molecule is COC(=O)c1ccccc1Nc1nc(Nc2ccc(OC)cc2)nc(Nc2ccc(OC)cc2)n1. The van der Waals surface area contributed by atoms with Crippen molar-refractivity contribution in [1.82, 2.24) is 15.0 Å². The van der Waals surface area contributed by atoms with Gasteiger partial charge in [-0.15, -0.1) is 0 Å². The van der Waals surface area contributed by atoms with E-state index in [-0.39, 0.29) is 5.95 Å². The second-order valence-corrected chi connectivity index (χ2v) is 7.18. The molecule has 0 radical (unpaired) electrons. The molecule has 1 heterocycles. The Balaban J connectivity index is 1.67. The first-order chi connectivity index (χ1) is 17.1. The van der Waals surface area contributed by atoms with E-state index in [1.807, 2.05) is 48.5 Å². The number of rotatable bonds is 9. The molecule has 178 valence electrons. The Morgan fingerprint density at radius 3 is 1.54 bits per heavy atom. The molecule has 4 rings (SSSR count). The number of hydrogen-bond donors (Lipinski definition) is 3. The molecule has 0 bridgehead atoms. The van der Waals surface area contributed by atoms with Gasteiger partial charge >= 0.3 is 5.97 Å². The van der Waals surface area contributed by atoms with Crippen LogP contribution in [0.4, 0.5) is 34.9 Å². The van der Waals surface area contributed by atoms with Crippen LogP contribution in [0, 0.1) is 0 Å². The van der Waals surface area contributed by atoms with Crippen molar-refractivity contribution in [1.29, 1.82) is 0 Å². The summed E-state index contributed by atoms with van der Waals surface area (Å²) in [6.45, 7) is 0. The Labute approximate surface area is 202 Å². The van der Waals surface area contributed by atoms with Crippen molar-refractivity contribution >= 4 is 40.9 Å². The third-order valence-corrected chi connectivity index (χ3v) is 4.91. The van der Waals surface area contributed by atoms with Gasteiger partial charge < -0.3 is 30.2 Å². The average Bonchev–Trinajstić information content (AvgIpc) is 2.89. The fraction of sp³-hybridized carbons (Fsp3) is 0.120. The van der Waals surface area contributed by atoms with Gasteiger partial charge in [-0.3, -0.25) is 0 Å². The van der Waals surface area contributed by atoms with E-state index in [0.717, 1.165) is 22.9 Å². The van der Waals surface area contributed by atoms with Crippen LogP contribution in [-0.4, -0.2) is 42.3 Å². The van der Waals surface area contributed by atoms with Gasteiger partial charge in [0.15, 0.2) is 0 Å². The monoisotopic (exact) mass is 472 g/mol. The van der Waals surface area contributed by atoms with Crippen LogP contribution in [0.5, 0.6) is 11.5 Å². The lowest BCUT2D eigenvalue weighted by Crippen LogP contribution is -2.10. The van der Waals surface area contributed by atoms with E-state index < -0.39 is 5.97 Å². The first-order valence-electron chi connectivity index (χ1n) is 10.6. The molecule has 0 aliphatic heterocycles. The minimum absolute atomic E-state index is 0.225. The normalized spacial score (nSPS) is 10.3. The zero-order chi connectivity index (χ0) is 24.6. The highest BCUT2D eigenvalue weighted by atomic mass is 16.5. The molecule has 4 aromatic rings. The third-order valence-electron chi connectivity index (χ3n) is 4.91. The maximum absolute atomic E-state index is 12.2. The van der Waals surface area contributed by atoms with Gasteiger partial charge in [-0.2, -0.15) is 15.0 Å². The van der Waals surface area contributed by atoms with Crippen LogP contribution < -0.4 is 25.4 Å². The van der Waals surface area contributed by atoms with Crippen LogP contribution in [0.3, 0.4) is 0 Å². The smallest absolute Gasteiger partial charge is 0.339 e. The molecule has 0 amide bonds. The lowest BCUT2D eigenvalue weighted by atomic mass is 10.2. The van der Waals surface area contributed by atoms with Crippen LogP contribution in [0.2, 0.25) is 0 Å². The van der Waals surface area contributed by atoms with Gasteiger partial charge in [0, 0.05) is 11.4 Å². The van der Waals surface area contributed by atoms with Crippen molar-refractivity contribution < 1.29 is 19.0 Å². The summed E-state index contributed by atoms with van der Waals surface area (Å²) in [5.41, 5.74) is 2.36. The lowest BCUT2D eigenvalue weighted by Gasteiger charge is -2.13. The Morgan fingerprint density at radius 2 is 1.09 bits per heavy atom. The van der Waals surface area contributed by atoms with Crippen molar-refractivity contribution in [2.75, 3.05) is 37.3 Å². The summed E-state index contributed by atoms with van der Waals surface area (Å²) < 4.78 is 15.3. The summed E-state index contributed by atoms with van der Waals surface area (Å²) in [6.07, 6.45) is 0.